The zero-order valence-electron chi connectivity index (χ0n) is 25.7. The predicted octanol–water partition coefficient (Wildman–Crippen LogP) is 6.36. The number of anilines is 1. The Bertz CT molecular complexity index is 1830. The van der Waals surface area contributed by atoms with Crippen LogP contribution in [0.2, 0.25) is 0 Å². The summed E-state index contributed by atoms with van der Waals surface area (Å²) in [6.45, 7) is 3.80. The van der Waals surface area contributed by atoms with Crippen molar-refractivity contribution in [1.29, 1.82) is 0 Å². The van der Waals surface area contributed by atoms with E-state index in [4.69, 9.17) is 18.9 Å². The van der Waals surface area contributed by atoms with E-state index in [-0.39, 0.29) is 22.1 Å². The minimum atomic E-state index is -3.96. The van der Waals surface area contributed by atoms with E-state index in [1.165, 1.54) is 50.6 Å². The van der Waals surface area contributed by atoms with Crippen LogP contribution in [0.15, 0.2) is 83.2 Å². The molecule has 0 aliphatic carbocycles. The number of para-hydroxylation sites is 1. The van der Waals surface area contributed by atoms with Crippen molar-refractivity contribution in [3.05, 3.63) is 84.2 Å². The summed E-state index contributed by atoms with van der Waals surface area (Å²) in [7, 11) is -1.06. The minimum Gasteiger partial charge on any atom is -0.495 e. The van der Waals surface area contributed by atoms with Gasteiger partial charge >= 0.3 is 0 Å². The van der Waals surface area contributed by atoms with Gasteiger partial charge in [-0.2, -0.15) is 0 Å². The first-order chi connectivity index (χ1) is 22.3. The molecule has 1 aliphatic rings. The normalized spacial score (nSPS) is 13.9. The number of fused-ring (bicyclic) bond motifs is 1. The number of aromatic nitrogens is 1. The standard InChI is InChI=1S/C34H36FN3O7S/c1-42-30-9-4-5-10-33(30)46(40,41)20-14-34(39)37-24-11-12-29(26(35)21-24)45-28-13-15-36-27-23-32(31(43-2)22-25(27)28)44-19-8-18-38-16-6-3-7-17-38/h4-5,9-15,20-23H,3,6-8,16-19H2,1-2H3,(H,37,39)/b20-14+. The number of nitrogens with one attached hydrogen (secondary N) is 1. The van der Waals surface area contributed by atoms with Crippen LogP contribution in [-0.2, 0) is 14.6 Å². The van der Waals surface area contributed by atoms with E-state index in [1.807, 2.05) is 0 Å². The van der Waals surface area contributed by atoms with E-state index >= 15 is 4.39 Å². The molecule has 0 saturated carbocycles. The number of carbonyl (C=O) groups excluding carboxylic acids is 1. The summed E-state index contributed by atoms with van der Waals surface area (Å²) in [6.07, 6.45) is 7.11. The quantitative estimate of drug-likeness (QED) is 0.130. The number of sulfone groups is 1. The van der Waals surface area contributed by atoms with E-state index < -0.39 is 21.6 Å². The molecule has 0 bridgehead atoms. The van der Waals surface area contributed by atoms with Gasteiger partial charge in [0.25, 0.3) is 0 Å². The molecular weight excluding hydrogens is 613 g/mol. The van der Waals surface area contributed by atoms with Gasteiger partial charge in [-0.15, -0.1) is 0 Å². The van der Waals surface area contributed by atoms with Crippen LogP contribution in [0.1, 0.15) is 25.7 Å². The maximum absolute atomic E-state index is 15.1. The SMILES string of the molecule is COc1cc2c(Oc3ccc(NC(=O)/C=C/S(=O)(=O)c4ccccc4OC)cc3F)ccnc2cc1OCCCN1CCCCC1. The molecule has 1 fully saturated rings. The summed E-state index contributed by atoms with van der Waals surface area (Å²) in [4.78, 5) is 19.3. The fourth-order valence-corrected chi connectivity index (χ4v) is 6.33. The van der Waals surface area contributed by atoms with Crippen LogP contribution in [0.3, 0.4) is 0 Å². The van der Waals surface area contributed by atoms with Gasteiger partial charge in [0.2, 0.25) is 15.7 Å². The topological polar surface area (TPSA) is 116 Å². The molecule has 1 aliphatic heterocycles. The molecule has 1 saturated heterocycles. The second-order valence-corrected chi connectivity index (χ2v) is 12.5. The first-order valence-corrected chi connectivity index (χ1v) is 16.5. The van der Waals surface area contributed by atoms with Gasteiger partial charge in [0.05, 0.1) is 26.3 Å². The molecule has 1 N–H and O–H groups in total. The number of methoxy groups -OCH3 is 2. The predicted molar refractivity (Wildman–Crippen MR) is 173 cm³/mol. The van der Waals surface area contributed by atoms with Crippen LogP contribution in [0, 0.1) is 5.82 Å². The lowest BCUT2D eigenvalue weighted by atomic mass is 10.1. The Hall–Kier alpha value is -4.68. The Kier molecular flexibility index (Phi) is 10.7. The Labute approximate surface area is 267 Å². The molecule has 5 rings (SSSR count). The van der Waals surface area contributed by atoms with Crippen LogP contribution >= 0.6 is 0 Å². The fourth-order valence-electron chi connectivity index (χ4n) is 5.19. The number of hydrogen-bond acceptors (Lipinski definition) is 9. The minimum absolute atomic E-state index is 0.0812. The number of carbonyl (C=O) groups is 1. The van der Waals surface area contributed by atoms with E-state index in [0.29, 0.717) is 34.8 Å². The first kappa shape index (κ1) is 32.7. The lowest BCUT2D eigenvalue weighted by molar-refractivity contribution is -0.111. The third kappa shape index (κ3) is 8.12. The number of nitrogens with zero attached hydrogens (tertiary/aromatic N) is 2. The van der Waals surface area contributed by atoms with Gasteiger partial charge in [-0.05, 0) is 68.8 Å². The van der Waals surface area contributed by atoms with E-state index in [9.17, 15) is 13.2 Å². The van der Waals surface area contributed by atoms with Crippen LogP contribution in [-0.4, -0.2) is 64.7 Å². The number of likely N-dealkylation sites (tertiary alicyclic amines) is 1. The lowest BCUT2D eigenvalue weighted by Gasteiger charge is -2.26. The van der Waals surface area contributed by atoms with Gasteiger partial charge in [-0.3, -0.25) is 9.78 Å². The van der Waals surface area contributed by atoms with Crippen LogP contribution < -0.4 is 24.3 Å². The Morgan fingerprint density at radius 2 is 1.72 bits per heavy atom. The molecule has 3 aromatic carbocycles. The smallest absolute Gasteiger partial charge is 0.249 e. The summed E-state index contributed by atoms with van der Waals surface area (Å²) in [5.41, 5.74) is 0.695. The number of hydrogen-bond donors (Lipinski definition) is 1. The maximum Gasteiger partial charge on any atom is 0.249 e. The Balaban J connectivity index is 1.24. The van der Waals surface area contributed by atoms with E-state index in [1.54, 1.807) is 43.6 Å². The van der Waals surface area contributed by atoms with Crippen molar-refractivity contribution in [2.45, 2.75) is 30.6 Å². The molecule has 12 heteroatoms. The number of pyridine rings is 1. The molecule has 0 unspecified atom stereocenters. The average molecular weight is 650 g/mol. The van der Waals surface area contributed by atoms with Crippen molar-refractivity contribution in [2.75, 3.05) is 45.8 Å². The molecule has 1 aromatic heterocycles. The number of amides is 1. The van der Waals surface area contributed by atoms with Gasteiger partial charge in [0.15, 0.2) is 23.1 Å². The highest BCUT2D eigenvalue weighted by molar-refractivity contribution is 7.94. The zero-order chi connectivity index (χ0) is 32.5. The summed E-state index contributed by atoms with van der Waals surface area (Å²) < 4.78 is 63.1. The Morgan fingerprint density at radius 3 is 2.48 bits per heavy atom. The van der Waals surface area contributed by atoms with Gasteiger partial charge in [0, 0.05) is 47.4 Å². The monoisotopic (exact) mass is 649 g/mol. The highest BCUT2D eigenvalue weighted by Gasteiger charge is 2.18. The number of halogens is 1. The highest BCUT2D eigenvalue weighted by atomic mass is 32.2. The van der Waals surface area contributed by atoms with Crippen molar-refractivity contribution in [2.24, 2.45) is 0 Å². The van der Waals surface area contributed by atoms with Crippen molar-refractivity contribution >= 4 is 32.3 Å². The molecule has 4 aromatic rings. The summed E-state index contributed by atoms with van der Waals surface area (Å²) in [6, 6.07) is 15.1. The molecule has 0 spiro atoms. The number of benzene rings is 3. The molecule has 1 amide bonds. The Morgan fingerprint density at radius 1 is 0.935 bits per heavy atom. The van der Waals surface area contributed by atoms with E-state index in [2.05, 4.69) is 15.2 Å². The molecule has 10 nitrogen and oxygen atoms in total. The van der Waals surface area contributed by atoms with Gasteiger partial charge < -0.3 is 29.2 Å². The van der Waals surface area contributed by atoms with Crippen molar-refractivity contribution < 1.29 is 36.6 Å². The summed E-state index contributed by atoms with van der Waals surface area (Å²) in [5.74, 6) is -0.0239. The van der Waals surface area contributed by atoms with Crippen LogP contribution in [0.4, 0.5) is 10.1 Å². The molecular formula is C34H36FN3O7S. The second kappa shape index (κ2) is 15.1. The first-order valence-electron chi connectivity index (χ1n) is 14.9. The summed E-state index contributed by atoms with van der Waals surface area (Å²) >= 11 is 0. The van der Waals surface area contributed by atoms with Gasteiger partial charge in [-0.1, -0.05) is 18.6 Å². The second-order valence-electron chi connectivity index (χ2n) is 10.7. The lowest BCUT2D eigenvalue weighted by Crippen LogP contribution is -2.31. The number of piperidine rings is 1. The fraction of sp³-hybridized carbons (Fsp3) is 0.294. The third-order valence-electron chi connectivity index (χ3n) is 7.51. The van der Waals surface area contributed by atoms with Gasteiger partial charge in [0.1, 0.15) is 16.4 Å². The largest absolute Gasteiger partial charge is 0.495 e. The summed E-state index contributed by atoms with van der Waals surface area (Å²) in [5, 5.41) is 3.82. The van der Waals surface area contributed by atoms with Crippen molar-refractivity contribution in [3.63, 3.8) is 0 Å². The van der Waals surface area contributed by atoms with Crippen LogP contribution in [0.25, 0.3) is 10.9 Å². The highest BCUT2D eigenvalue weighted by Crippen LogP contribution is 2.38. The number of rotatable bonds is 13. The van der Waals surface area contributed by atoms with Crippen molar-refractivity contribution in [1.82, 2.24) is 9.88 Å². The van der Waals surface area contributed by atoms with Crippen LogP contribution in [0.5, 0.6) is 28.7 Å². The third-order valence-corrected chi connectivity index (χ3v) is 8.95. The average Bonchev–Trinajstić information content (AvgIpc) is 3.07. The molecule has 0 atom stereocenters. The van der Waals surface area contributed by atoms with Crippen molar-refractivity contribution in [3.8, 4) is 28.7 Å². The molecule has 0 radical (unpaired) electrons. The zero-order valence-corrected chi connectivity index (χ0v) is 26.5. The van der Waals surface area contributed by atoms with Gasteiger partial charge in [-0.25, -0.2) is 12.8 Å². The molecule has 46 heavy (non-hydrogen) atoms. The molecule has 242 valence electrons. The van der Waals surface area contributed by atoms with E-state index in [0.717, 1.165) is 43.6 Å². The molecule has 2 heterocycles. The maximum atomic E-state index is 15.1. The number of ether oxygens (including phenoxy) is 4.